The van der Waals surface area contributed by atoms with E-state index in [0.717, 1.165) is 87.3 Å². The maximum Gasteiger partial charge on any atom is 0.196 e. The predicted molar refractivity (Wildman–Crippen MR) is 135 cm³/mol. The molecular formula is C29H50I2N2O4. The van der Waals surface area contributed by atoms with Gasteiger partial charge in [0, 0.05) is 18.3 Å². The highest BCUT2D eigenvalue weighted by Gasteiger charge is 2.66. The van der Waals surface area contributed by atoms with Gasteiger partial charge in [-0.2, -0.15) is 0 Å². The standard InChI is InChI=1S/C29H50N2O4.2HI/c1-28-8-7-22-21(23(28)18-24(27(28)33)30(3)9-13-34-14-10-30)6-5-20-17-26(32)25(19-29(20,22)2)31(4)11-15-35-16-12-31;;/h20-26,32H,5-19H2,1-4H3;2*1H/q+2;;/p-2/t20-,21+,22-,23-,24?,25?,26-,28-,29-;;/m0../s1. The summed E-state index contributed by atoms with van der Waals surface area (Å²) in [6.45, 7) is 12.1. The largest absolute Gasteiger partial charge is 1.00 e. The highest BCUT2D eigenvalue weighted by molar-refractivity contribution is 5.91. The molecule has 2 saturated heterocycles. The number of rotatable bonds is 2. The fraction of sp³-hybridized carbons (Fsp3) is 0.966. The summed E-state index contributed by atoms with van der Waals surface area (Å²) in [6, 6.07) is 0.486. The SMILES string of the molecule is C[C@]12CC([N+]3(C)CCOCC3)[C@@H](O)C[C@@H]1CC[C@@H]1[C@@H]2CC[C@]2(C)C(=O)C([N+]3(C)CCOCC3)C[C@@H]12.[I-].[I-]. The number of aliphatic hydroxyl groups is 1. The zero-order valence-corrected chi connectivity index (χ0v) is 27.8. The molecule has 4 saturated carbocycles. The Morgan fingerprint density at radius 2 is 1.43 bits per heavy atom. The van der Waals surface area contributed by atoms with Crippen molar-refractivity contribution in [1.82, 2.24) is 0 Å². The second-order valence-electron chi connectivity index (χ2n) is 14.4. The molecule has 0 amide bonds. The molecule has 1 N–H and O–H groups in total. The molecule has 6 fully saturated rings. The molecule has 0 aromatic rings. The number of carbonyl (C=O) groups excluding carboxylic acids is 1. The van der Waals surface area contributed by atoms with Crippen molar-refractivity contribution in [2.75, 3.05) is 66.7 Å². The number of halogens is 2. The average molecular weight is 745 g/mol. The summed E-state index contributed by atoms with van der Waals surface area (Å²) in [6.07, 6.45) is 7.77. The Hall–Kier alpha value is 0.930. The monoisotopic (exact) mass is 744 g/mol. The number of quaternary nitrogens is 2. The van der Waals surface area contributed by atoms with E-state index >= 15 is 0 Å². The van der Waals surface area contributed by atoms with Gasteiger partial charge in [0.2, 0.25) is 0 Å². The normalized spacial score (nSPS) is 48.5. The van der Waals surface area contributed by atoms with Crippen molar-refractivity contribution in [2.24, 2.45) is 34.5 Å². The van der Waals surface area contributed by atoms with Gasteiger partial charge in [-0.15, -0.1) is 0 Å². The molecule has 8 heteroatoms. The van der Waals surface area contributed by atoms with Gasteiger partial charge in [0.25, 0.3) is 0 Å². The van der Waals surface area contributed by atoms with Crippen molar-refractivity contribution < 1.29 is 76.3 Å². The molecule has 6 nitrogen and oxygen atoms in total. The lowest BCUT2D eigenvalue weighted by atomic mass is 9.44. The van der Waals surface area contributed by atoms with Crippen LogP contribution in [0.15, 0.2) is 0 Å². The van der Waals surface area contributed by atoms with Crippen molar-refractivity contribution in [1.29, 1.82) is 0 Å². The molecule has 37 heavy (non-hydrogen) atoms. The zero-order chi connectivity index (χ0) is 24.6. The third kappa shape index (κ3) is 4.80. The number of aliphatic hydroxyl groups excluding tert-OH is 1. The van der Waals surface area contributed by atoms with E-state index in [2.05, 4.69) is 27.9 Å². The molecule has 0 radical (unpaired) electrons. The Morgan fingerprint density at radius 3 is 2.05 bits per heavy atom. The van der Waals surface area contributed by atoms with Gasteiger partial charge in [-0.3, -0.25) is 4.79 Å². The molecule has 6 aliphatic rings. The second kappa shape index (κ2) is 11.0. The summed E-state index contributed by atoms with van der Waals surface area (Å²) < 4.78 is 13.3. The predicted octanol–water partition coefficient (Wildman–Crippen LogP) is -3.12. The van der Waals surface area contributed by atoms with E-state index in [0.29, 0.717) is 35.5 Å². The Balaban J connectivity index is 0.00000160. The summed E-state index contributed by atoms with van der Waals surface area (Å²) in [5.74, 6) is 3.10. The van der Waals surface area contributed by atoms with Gasteiger partial charge in [-0.25, -0.2) is 0 Å². The van der Waals surface area contributed by atoms with Gasteiger partial charge in [0.15, 0.2) is 5.78 Å². The number of fused-ring (bicyclic) bond motifs is 5. The first kappa shape index (κ1) is 30.9. The number of Topliss-reactive ketones (excluding diaryl/α,β-unsaturated/α-hetero) is 1. The number of morpholine rings is 2. The molecule has 2 aliphatic heterocycles. The van der Waals surface area contributed by atoms with E-state index < -0.39 is 0 Å². The van der Waals surface area contributed by atoms with Gasteiger partial charge >= 0.3 is 0 Å². The zero-order valence-electron chi connectivity index (χ0n) is 23.5. The molecule has 0 bridgehead atoms. The van der Waals surface area contributed by atoms with E-state index in [-0.39, 0.29) is 70.9 Å². The third-order valence-corrected chi connectivity index (χ3v) is 13.0. The van der Waals surface area contributed by atoms with Crippen molar-refractivity contribution >= 4 is 5.78 Å². The fourth-order valence-electron chi connectivity index (χ4n) is 10.4. The van der Waals surface area contributed by atoms with Crippen LogP contribution in [0.1, 0.15) is 58.8 Å². The van der Waals surface area contributed by atoms with E-state index in [1.807, 2.05) is 0 Å². The lowest BCUT2D eigenvalue weighted by molar-refractivity contribution is -0.945. The highest BCUT2D eigenvalue weighted by atomic mass is 127. The maximum atomic E-state index is 14.0. The minimum Gasteiger partial charge on any atom is -1.00 e. The number of ketones is 1. The van der Waals surface area contributed by atoms with Crippen LogP contribution in [0.5, 0.6) is 0 Å². The third-order valence-electron chi connectivity index (χ3n) is 13.0. The summed E-state index contributed by atoms with van der Waals surface area (Å²) >= 11 is 0. The van der Waals surface area contributed by atoms with Gasteiger partial charge in [-0.05, 0) is 61.2 Å². The van der Waals surface area contributed by atoms with Crippen molar-refractivity contribution in [3.63, 3.8) is 0 Å². The molecule has 6 rings (SSSR count). The lowest BCUT2D eigenvalue weighted by Gasteiger charge is -2.62. The Bertz CT molecular complexity index is 848. The quantitative estimate of drug-likeness (QED) is 0.241. The minimum absolute atomic E-state index is 0. The van der Waals surface area contributed by atoms with Gasteiger partial charge < -0.3 is 71.5 Å². The van der Waals surface area contributed by atoms with Crippen LogP contribution in [0.2, 0.25) is 0 Å². The lowest BCUT2D eigenvalue weighted by Crippen LogP contribution is -3.00. The van der Waals surface area contributed by atoms with Crippen LogP contribution in [-0.4, -0.2) is 105 Å². The van der Waals surface area contributed by atoms with Crippen LogP contribution < -0.4 is 48.0 Å². The topological polar surface area (TPSA) is 55.8 Å². The average Bonchev–Trinajstić information content (AvgIpc) is 3.12. The number of hydrogen-bond donors (Lipinski definition) is 1. The molecular weight excluding hydrogens is 694 g/mol. The maximum absolute atomic E-state index is 14.0. The van der Waals surface area contributed by atoms with Gasteiger partial charge in [0.05, 0.1) is 40.5 Å². The minimum atomic E-state index is -0.190. The van der Waals surface area contributed by atoms with Crippen LogP contribution in [0.25, 0.3) is 0 Å². The molecule has 0 aromatic carbocycles. The Kier molecular flexibility index (Phi) is 9.15. The Morgan fingerprint density at radius 1 is 0.838 bits per heavy atom. The first-order chi connectivity index (χ1) is 16.6. The number of carbonyl (C=O) groups is 1. The van der Waals surface area contributed by atoms with Gasteiger partial charge in [-0.1, -0.05) is 13.8 Å². The first-order valence-electron chi connectivity index (χ1n) is 14.7. The second-order valence-corrected chi connectivity index (χ2v) is 14.4. The smallest absolute Gasteiger partial charge is 0.196 e. The van der Waals surface area contributed by atoms with E-state index in [4.69, 9.17) is 9.47 Å². The van der Waals surface area contributed by atoms with Crippen molar-refractivity contribution in [3.8, 4) is 0 Å². The van der Waals surface area contributed by atoms with E-state index in [9.17, 15) is 9.90 Å². The van der Waals surface area contributed by atoms with Crippen molar-refractivity contribution in [3.05, 3.63) is 0 Å². The van der Waals surface area contributed by atoms with Crippen LogP contribution in [0.3, 0.4) is 0 Å². The molecule has 0 aromatic heterocycles. The first-order valence-corrected chi connectivity index (χ1v) is 14.7. The molecule has 214 valence electrons. The molecule has 9 atom stereocenters. The van der Waals surface area contributed by atoms with E-state index in [1.165, 1.54) is 19.3 Å². The molecule has 2 unspecified atom stereocenters. The summed E-state index contributed by atoms with van der Waals surface area (Å²) in [5, 5.41) is 11.4. The molecule has 4 aliphatic carbocycles. The highest BCUT2D eigenvalue weighted by Crippen LogP contribution is 2.66. The van der Waals surface area contributed by atoms with E-state index in [1.54, 1.807) is 0 Å². The molecule has 2 heterocycles. The summed E-state index contributed by atoms with van der Waals surface area (Å²) in [7, 11) is 4.69. The fourth-order valence-corrected chi connectivity index (χ4v) is 10.4. The number of ether oxygens (including phenoxy) is 2. The van der Waals surface area contributed by atoms with Crippen LogP contribution in [-0.2, 0) is 14.3 Å². The Labute approximate surface area is 258 Å². The van der Waals surface area contributed by atoms with Crippen LogP contribution in [0.4, 0.5) is 0 Å². The van der Waals surface area contributed by atoms with Crippen LogP contribution >= 0.6 is 0 Å². The van der Waals surface area contributed by atoms with Crippen molar-refractivity contribution in [2.45, 2.75) is 77.0 Å². The number of likely N-dealkylation sites (N-methyl/N-ethyl adjacent to an activating group) is 2. The number of nitrogens with zero attached hydrogens (tertiary/aromatic N) is 2. The molecule has 0 spiro atoms. The number of hydrogen-bond acceptors (Lipinski definition) is 4. The summed E-state index contributed by atoms with van der Waals surface area (Å²) in [4.78, 5) is 14.0. The summed E-state index contributed by atoms with van der Waals surface area (Å²) in [5.41, 5.74) is 0.150. The van der Waals surface area contributed by atoms with Crippen LogP contribution in [0, 0.1) is 34.5 Å². The van der Waals surface area contributed by atoms with Gasteiger partial charge in [0.1, 0.15) is 44.4 Å².